The lowest BCUT2D eigenvalue weighted by atomic mass is 9.80. The summed E-state index contributed by atoms with van der Waals surface area (Å²) in [4.78, 5) is 38.8. The molecule has 1 amide bonds. The van der Waals surface area contributed by atoms with Crippen molar-refractivity contribution in [1.29, 1.82) is 0 Å². The molecule has 5 rings (SSSR count). The molecule has 5 heterocycles. The number of aromatic nitrogens is 4. The van der Waals surface area contributed by atoms with Gasteiger partial charge in [-0.1, -0.05) is 0 Å². The third kappa shape index (κ3) is 5.81. The van der Waals surface area contributed by atoms with Crippen LogP contribution in [0.25, 0.3) is 0 Å². The summed E-state index contributed by atoms with van der Waals surface area (Å²) in [5.74, 6) is -4.99. The van der Waals surface area contributed by atoms with Crippen molar-refractivity contribution in [2.45, 2.75) is 43.4 Å². The molecule has 3 aliphatic heterocycles. The largest absolute Gasteiger partial charge is 0.490 e. The van der Waals surface area contributed by atoms with Crippen LogP contribution in [-0.4, -0.2) is 86.3 Å². The molecule has 10 nitrogen and oxygen atoms in total. The summed E-state index contributed by atoms with van der Waals surface area (Å²) >= 11 is 0. The number of piperidine rings is 1. The van der Waals surface area contributed by atoms with E-state index in [-0.39, 0.29) is 31.8 Å². The number of hydrogen-bond acceptors (Lipinski definition) is 7. The fraction of sp³-hybridized carbons (Fsp3) is 0.591. The molecule has 1 unspecified atom stereocenters. The molecule has 15 heteroatoms. The van der Waals surface area contributed by atoms with Crippen LogP contribution >= 0.6 is 0 Å². The van der Waals surface area contributed by atoms with E-state index in [1.165, 1.54) is 0 Å². The second-order valence-electron chi connectivity index (χ2n) is 9.36. The number of alkyl halides is 5. The number of rotatable bonds is 2. The molecule has 0 saturated carbocycles. The molecule has 1 spiro atoms. The summed E-state index contributed by atoms with van der Waals surface area (Å²) in [5, 5.41) is 7.12. The average molecular weight is 532 g/mol. The molecule has 37 heavy (non-hydrogen) atoms. The molecule has 2 saturated heterocycles. The highest BCUT2D eigenvalue weighted by atomic mass is 19.4. The van der Waals surface area contributed by atoms with Crippen LogP contribution in [0.2, 0.25) is 0 Å². The van der Waals surface area contributed by atoms with Gasteiger partial charge in [0.2, 0.25) is 5.95 Å². The Balaban J connectivity index is 0.000000405. The number of halogens is 5. The van der Waals surface area contributed by atoms with E-state index in [2.05, 4.69) is 9.97 Å². The molecule has 1 N–H and O–H groups in total. The number of carbonyl (C=O) groups is 2. The highest BCUT2D eigenvalue weighted by molar-refractivity contribution is 5.92. The third-order valence-electron chi connectivity index (χ3n) is 6.58. The molecular weight excluding hydrogens is 507 g/mol. The highest BCUT2D eigenvalue weighted by Gasteiger charge is 2.47. The van der Waals surface area contributed by atoms with Crippen LogP contribution in [0, 0.1) is 0 Å². The van der Waals surface area contributed by atoms with Gasteiger partial charge in [0.25, 0.3) is 11.8 Å². The summed E-state index contributed by atoms with van der Waals surface area (Å²) in [6, 6.07) is 0. The summed E-state index contributed by atoms with van der Waals surface area (Å²) in [5.41, 5.74) is 1.80. The normalized spacial score (nSPS) is 22.9. The Morgan fingerprint density at radius 2 is 1.78 bits per heavy atom. The Morgan fingerprint density at radius 1 is 1.11 bits per heavy atom. The quantitative estimate of drug-likeness (QED) is 0.587. The maximum Gasteiger partial charge on any atom is 0.490 e. The zero-order valence-electron chi connectivity index (χ0n) is 19.8. The number of likely N-dealkylation sites (tertiary alicyclic amines) is 1. The number of imidazole rings is 1. The molecule has 2 aromatic rings. The monoisotopic (exact) mass is 532 g/mol. The van der Waals surface area contributed by atoms with Crippen molar-refractivity contribution in [3.63, 3.8) is 0 Å². The molecule has 0 aromatic carbocycles. The van der Waals surface area contributed by atoms with Crippen LogP contribution in [-0.2, 0) is 28.6 Å². The maximum absolute atomic E-state index is 13.5. The van der Waals surface area contributed by atoms with Gasteiger partial charge in [-0.05, 0) is 6.42 Å². The van der Waals surface area contributed by atoms with Gasteiger partial charge in [0, 0.05) is 64.0 Å². The number of carboxylic acids is 1. The summed E-state index contributed by atoms with van der Waals surface area (Å²) in [7, 11) is 1.83. The Labute approximate surface area is 208 Å². The van der Waals surface area contributed by atoms with Crippen molar-refractivity contribution < 1.29 is 41.4 Å². The minimum Gasteiger partial charge on any atom is -0.475 e. The van der Waals surface area contributed by atoms with E-state index in [1.807, 2.05) is 11.9 Å². The molecule has 3 aliphatic rings. The molecule has 2 fully saturated rings. The lowest BCUT2D eigenvalue weighted by Gasteiger charge is -2.36. The second-order valence-corrected chi connectivity index (χ2v) is 9.36. The predicted molar refractivity (Wildman–Crippen MR) is 117 cm³/mol. The van der Waals surface area contributed by atoms with Gasteiger partial charge in [-0.2, -0.15) is 13.2 Å². The number of amides is 1. The summed E-state index contributed by atoms with van der Waals surface area (Å²) < 4.78 is 66.4. The van der Waals surface area contributed by atoms with Gasteiger partial charge < -0.3 is 24.2 Å². The first-order valence-corrected chi connectivity index (χ1v) is 11.4. The van der Waals surface area contributed by atoms with E-state index < -0.39 is 23.5 Å². The molecule has 0 radical (unpaired) electrons. The maximum atomic E-state index is 13.5. The smallest absolute Gasteiger partial charge is 0.475 e. The Kier molecular flexibility index (Phi) is 7.10. The molecule has 202 valence electrons. The Bertz CT molecular complexity index is 1160. The number of fused-ring (bicyclic) bond motifs is 2. The van der Waals surface area contributed by atoms with Gasteiger partial charge in [0.05, 0.1) is 30.7 Å². The SMILES string of the molecule is Cn1cnc(C(=O)N2CCC3(COCc4cnc(N5CCC(F)(F)CC5)nc43)C2)c1.O=C(O)C(F)(F)F. The fourth-order valence-electron chi connectivity index (χ4n) is 4.62. The minimum absolute atomic E-state index is 0.105. The van der Waals surface area contributed by atoms with E-state index in [4.69, 9.17) is 19.6 Å². The van der Waals surface area contributed by atoms with Crippen molar-refractivity contribution in [3.05, 3.63) is 35.7 Å². The van der Waals surface area contributed by atoms with Gasteiger partial charge >= 0.3 is 12.1 Å². The molecular formula is C22H25F5N6O4. The van der Waals surface area contributed by atoms with Crippen molar-refractivity contribution in [1.82, 2.24) is 24.4 Å². The molecule has 0 bridgehead atoms. The fourth-order valence-corrected chi connectivity index (χ4v) is 4.62. The van der Waals surface area contributed by atoms with E-state index in [9.17, 15) is 26.7 Å². The summed E-state index contributed by atoms with van der Waals surface area (Å²) in [6.45, 7) is 2.45. The molecule has 1 atom stereocenters. The van der Waals surface area contributed by atoms with Gasteiger partial charge in [0.15, 0.2) is 0 Å². The molecule has 0 aliphatic carbocycles. The number of carbonyl (C=O) groups excluding carboxylic acids is 1. The van der Waals surface area contributed by atoms with Gasteiger partial charge in [-0.15, -0.1) is 0 Å². The van der Waals surface area contributed by atoms with Gasteiger partial charge in [-0.25, -0.2) is 28.5 Å². The zero-order chi connectivity index (χ0) is 27.0. The van der Waals surface area contributed by atoms with Crippen LogP contribution in [0.15, 0.2) is 18.7 Å². The van der Waals surface area contributed by atoms with Crippen molar-refractivity contribution >= 4 is 17.8 Å². The predicted octanol–water partition coefficient (Wildman–Crippen LogP) is 2.39. The lowest BCUT2D eigenvalue weighted by Crippen LogP contribution is -2.43. The highest BCUT2D eigenvalue weighted by Crippen LogP contribution is 2.40. The zero-order valence-corrected chi connectivity index (χ0v) is 19.8. The number of anilines is 1. The first kappa shape index (κ1) is 26.7. The Morgan fingerprint density at radius 3 is 2.38 bits per heavy atom. The molecule has 2 aromatic heterocycles. The van der Waals surface area contributed by atoms with E-state index in [0.717, 1.165) is 17.7 Å². The lowest BCUT2D eigenvalue weighted by molar-refractivity contribution is -0.192. The number of aliphatic carboxylic acids is 1. The second kappa shape index (κ2) is 9.84. The van der Waals surface area contributed by atoms with E-state index in [0.29, 0.717) is 37.9 Å². The van der Waals surface area contributed by atoms with Gasteiger partial charge in [0.1, 0.15) is 5.69 Å². The first-order valence-electron chi connectivity index (χ1n) is 11.4. The topological polar surface area (TPSA) is 114 Å². The van der Waals surface area contributed by atoms with Crippen molar-refractivity contribution in [2.24, 2.45) is 7.05 Å². The van der Waals surface area contributed by atoms with Crippen molar-refractivity contribution in [2.75, 3.05) is 37.7 Å². The Hall–Kier alpha value is -3.36. The standard InChI is InChI=1S/C20H24F2N6O2.C2HF3O2/c1-26-9-15(24-13-26)17(29)28-5-2-19(11-28)12-30-10-14-8-23-18(25-16(14)19)27-6-3-20(21,22)4-7-27;3-2(4,5)1(6)7/h8-9,13H,2-7,10-12H2,1H3;(H,6,7). The number of hydrogen-bond donors (Lipinski definition) is 1. The van der Waals surface area contributed by atoms with E-state index >= 15 is 0 Å². The first-order chi connectivity index (χ1) is 17.3. The van der Waals surface area contributed by atoms with Crippen LogP contribution in [0.3, 0.4) is 0 Å². The summed E-state index contributed by atoms with van der Waals surface area (Å²) in [6.07, 6.45) is 0.342. The van der Waals surface area contributed by atoms with Crippen LogP contribution < -0.4 is 4.90 Å². The van der Waals surface area contributed by atoms with Crippen LogP contribution in [0.1, 0.15) is 41.0 Å². The van der Waals surface area contributed by atoms with Crippen LogP contribution in [0.4, 0.5) is 27.9 Å². The third-order valence-corrected chi connectivity index (χ3v) is 6.58. The van der Waals surface area contributed by atoms with E-state index in [1.54, 1.807) is 28.2 Å². The number of ether oxygens (including phenoxy) is 1. The number of nitrogens with zero attached hydrogens (tertiary/aromatic N) is 6. The number of aryl methyl sites for hydroxylation is 1. The number of carboxylic acid groups (broad SMARTS) is 1. The van der Waals surface area contributed by atoms with Crippen molar-refractivity contribution in [3.8, 4) is 0 Å². The van der Waals surface area contributed by atoms with Crippen LogP contribution in [0.5, 0.6) is 0 Å². The minimum atomic E-state index is -5.08. The van der Waals surface area contributed by atoms with Gasteiger partial charge in [-0.3, -0.25) is 4.79 Å². The average Bonchev–Trinajstić information content (AvgIpc) is 3.46.